The van der Waals surface area contributed by atoms with Crippen LogP contribution in [0.15, 0.2) is 42.5 Å². The van der Waals surface area contributed by atoms with Crippen molar-refractivity contribution in [3.8, 4) is 5.75 Å². The first-order valence-electron chi connectivity index (χ1n) is 9.43. The van der Waals surface area contributed by atoms with E-state index in [1.54, 1.807) is 11.3 Å². The molecule has 2 heterocycles. The molecular formula is C22H24N2O2S. The van der Waals surface area contributed by atoms with Crippen LogP contribution in [0.3, 0.4) is 0 Å². The van der Waals surface area contributed by atoms with Gasteiger partial charge in [-0.2, -0.15) is 0 Å². The Balaban J connectivity index is 1.32. The quantitative estimate of drug-likeness (QED) is 0.659. The molecule has 0 radical (unpaired) electrons. The Morgan fingerprint density at radius 2 is 1.96 bits per heavy atom. The number of amides is 1. The predicted molar refractivity (Wildman–Crippen MR) is 110 cm³/mol. The molecule has 0 spiro atoms. The van der Waals surface area contributed by atoms with Crippen LogP contribution in [-0.2, 0) is 4.79 Å². The monoisotopic (exact) mass is 380 g/mol. The normalized spacial score (nSPS) is 15.3. The number of benzene rings is 2. The average Bonchev–Trinajstić information content (AvgIpc) is 3.11. The van der Waals surface area contributed by atoms with E-state index in [2.05, 4.69) is 31.2 Å². The van der Waals surface area contributed by atoms with E-state index in [0.29, 0.717) is 5.92 Å². The van der Waals surface area contributed by atoms with Crippen LogP contribution >= 0.6 is 11.3 Å². The zero-order chi connectivity index (χ0) is 18.8. The molecule has 1 amide bonds. The molecule has 1 saturated heterocycles. The van der Waals surface area contributed by atoms with Crippen LogP contribution in [-0.4, -0.2) is 35.5 Å². The largest absolute Gasteiger partial charge is 0.484 e. The van der Waals surface area contributed by atoms with E-state index >= 15 is 0 Å². The lowest BCUT2D eigenvalue weighted by Gasteiger charge is -2.31. The fraction of sp³-hybridized carbons (Fsp3) is 0.364. The molecule has 27 heavy (non-hydrogen) atoms. The molecule has 2 aromatic carbocycles. The standard InChI is InChI=1S/C22H24N2O2S/c1-15-7-8-19(16(2)13-15)26-14-21(25)24-11-9-17(10-12-24)22-23-18-5-3-4-6-20(18)27-22/h3-8,13,17H,9-12,14H2,1-2H3. The van der Waals surface area contributed by atoms with Gasteiger partial charge < -0.3 is 9.64 Å². The Hall–Kier alpha value is -2.40. The summed E-state index contributed by atoms with van der Waals surface area (Å²) in [6, 6.07) is 14.3. The first kappa shape index (κ1) is 18.0. The fourth-order valence-corrected chi connectivity index (χ4v) is 4.77. The third-order valence-corrected chi connectivity index (χ3v) is 6.39. The lowest BCUT2D eigenvalue weighted by Crippen LogP contribution is -2.40. The van der Waals surface area contributed by atoms with Crippen molar-refractivity contribution in [2.75, 3.05) is 19.7 Å². The number of thiazole rings is 1. The van der Waals surface area contributed by atoms with Crippen molar-refractivity contribution in [1.82, 2.24) is 9.88 Å². The Labute approximate surface area is 163 Å². The van der Waals surface area contributed by atoms with Crippen LogP contribution < -0.4 is 4.74 Å². The van der Waals surface area contributed by atoms with Crippen LogP contribution in [0.5, 0.6) is 5.75 Å². The summed E-state index contributed by atoms with van der Waals surface area (Å²) in [7, 11) is 0. The van der Waals surface area contributed by atoms with Crippen molar-refractivity contribution < 1.29 is 9.53 Å². The van der Waals surface area contributed by atoms with Crippen molar-refractivity contribution in [3.63, 3.8) is 0 Å². The van der Waals surface area contributed by atoms with Gasteiger partial charge in [0.2, 0.25) is 0 Å². The minimum Gasteiger partial charge on any atom is -0.484 e. The number of aryl methyl sites for hydroxylation is 2. The maximum atomic E-state index is 12.5. The van der Waals surface area contributed by atoms with Crippen molar-refractivity contribution in [2.45, 2.75) is 32.6 Å². The van der Waals surface area contributed by atoms with Gasteiger partial charge in [0.25, 0.3) is 5.91 Å². The van der Waals surface area contributed by atoms with E-state index in [1.165, 1.54) is 15.3 Å². The second-order valence-electron chi connectivity index (χ2n) is 7.23. The van der Waals surface area contributed by atoms with Gasteiger partial charge >= 0.3 is 0 Å². The van der Waals surface area contributed by atoms with Crippen LogP contribution in [0.1, 0.15) is 34.9 Å². The van der Waals surface area contributed by atoms with E-state index in [-0.39, 0.29) is 12.5 Å². The Morgan fingerprint density at radius 1 is 1.19 bits per heavy atom. The van der Waals surface area contributed by atoms with Gasteiger partial charge in [-0.25, -0.2) is 4.98 Å². The van der Waals surface area contributed by atoms with E-state index in [1.807, 2.05) is 30.0 Å². The van der Waals surface area contributed by atoms with Gasteiger partial charge in [0.1, 0.15) is 5.75 Å². The summed E-state index contributed by atoms with van der Waals surface area (Å²) < 4.78 is 7.00. The van der Waals surface area contributed by atoms with Gasteiger partial charge in [-0.15, -0.1) is 11.3 Å². The highest BCUT2D eigenvalue weighted by atomic mass is 32.1. The number of aromatic nitrogens is 1. The molecule has 1 aromatic heterocycles. The van der Waals surface area contributed by atoms with Crippen molar-refractivity contribution in [3.05, 3.63) is 58.6 Å². The molecule has 4 rings (SSSR count). The molecule has 1 aliphatic heterocycles. The lowest BCUT2D eigenvalue weighted by molar-refractivity contribution is -0.134. The van der Waals surface area contributed by atoms with E-state index < -0.39 is 0 Å². The van der Waals surface area contributed by atoms with E-state index in [0.717, 1.165) is 42.8 Å². The summed E-state index contributed by atoms with van der Waals surface area (Å²) in [5.41, 5.74) is 3.35. The number of para-hydroxylation sites is 1. The molecule has 0 N–H and O–H groups in total. The Kier molecular flexibility index (Phi) is 5.12. The highest BCUT2D eigenvalue weighted by Crippen LogP contribution is 2.33. The summed E-state index contributed by atoms with van der Waals surface area (Å²) in [6.45, 7) is 5.72. The summed E-state index contributed by atoms with van der Waals surface area (Å²) in [6.07, 6.45) is 1.93. The molecular weight excluding hydrogens is 356 g/mol. The topological polar surface area (TPSA) is 42.4 Å². The molecule has 0 atom stereocenters. The summed E-state index contributed by atoms with van der Waals surface area (Å²) in [4.78, 5) is 19.2. The Morgan fingerprint density at radius 3 is 2.70 bits per heavy atom. The smallest absolute Gasteiger partial charge is 0.260 e. The zero-order valence-corrected chi connectivity index (χ0v) is 16.6. The maximum Gasteiger partial charge on any atom is 0.260 e. The van der Waals surface area contributed by atoms with Gasteiger partial charge in [-0.1, -0.05) is 29.8 Å². The van der Waals surface area contributed by atoms with E-state index in [4.69, 9.17) is 9.72 Å². The summed E-state index contributed by atoms with van der Waals surface area (Å²) in [5.74, 6) is 1.31. The SMILES string of the molecule is Cc1ccc(OCC(=O)N2CCC(c3nc4ccccc4s3)CC2)c(C)c1. The predicted octanol–water partition coefficient (Wildman–Crippen LogP) is 4.70. The van der Waals surface area contributed by atoms with Gasteiger partial charge in [0.15, 0.2) is 6.61 Å². The number of likely N-dealkylation sites (tertiary alicyclic amines) is 1. The molecule has 0 unspecified atom stereocenters. The van der Waals surface area contributed by atoms with Gasteiger partial charge in [-0.05, 0) is 50.5 Å². The molecule has 0 aliphatic carbocycles. The molecule has 140 valence electrons. The number of nitrogens with zero attached hydrogens (tertiary/aromatic N) is 2. The van der Waals surface area contributed by atoms with E-state index in [9.17, 15) is 4.79 Å². The first-order valence-corrected chi connectivity index (χ1v) is 10.2. The van der Waals surface area contributed by atoms with Crippen LogP contribution in [0, 0.1) is 13.8 Å². The zero-order valence-electron chi connectivity index (χ0n) is 15.8. The highest BCUT2D eigenvalue weighted by Gasteiger charge is 2.26. The number of hydrogen-bond donors (Lipinski definition) is 0. The number of ether oxygens (including phenoxy) is 1. The third-order valence-electron chi connectivity index (χ3n) is 5.19. The molecule has 3 aromatic rings. The molecule has 0 saturated carbocycles. The first-order chi connectivity index (χ1) is 13.1. The third kappa shape index (κ3) is 3.98. The van der Waals surface area contributed by atoms with Gasteiger partial charge in [0.05, 0.1) is 15.2 Å². The van der Waals surface area contributed by atoms with Gasteiger partial charge in [-0.3, -0.25) is 4.79 Å². The number of fused-ring (bicyclic) bond motifs is 1. The Bertz CT molecular complexity index is 925. The van der Waals surface area contributed by atoms with Crippen LogP contribution in [0.2, 0.25) is 0 Å². The van der Waals surface area contributed by atoms with Gasteiger partial charge in [0, 0.05) is 19.0 Å². The average molecular weight is 381 g/mol. The number of carbonyl (C=O) groups is 1. The molecule has 0 bridgehead atoms. The minimum atomic E-state index is 0.0673. The van der Waals surface area contributed by atoms with Crippen LogP contribution in [0.25, 0.3) is 10.2 Å². The number of piperidine rings is 1. The summed E-state index contributed by atoms with van der Waals surface area (Å²) in [5, 5.41) is 1.20. The molecule has 1 fully saturated rings. The maximum absolute atomic E-state index is 12.5. The molecule has 4 nitrogen and oxygen atoms in total. The van der Waals surface area contributed by atoms with Crippen LogP contribution in [0.4, 0.5) is 0 Å². The molecule has 1 aliphatic rings. The lowest BCUT2D eigenvalue weighted by atomic mass is 9.97. The highest BCUT2D eigenvalue weighted by molar-refractivity contribution is 7.18. The number of carbonyl (C=O) groups excluding carboxylic acids is 1. The fourth-order valence-electron chi connectivity index (χ4n) is 3.63. The minimum absolute atomic E-state index is 0.0673. The van der Waals surface area contributed by atoms with Crippen molar-refractivity contribution in [1.29, 1.82) is 0 Å². The number of rotatable bonds is 4. The molecule has 5 heteroatoms. The number of hydrogen-bond acceptors (Lipinski definition) is 4. The van der Waals surface area contributed by atoms with Crippen molar-refractivity contribution in [2.24, 2.45) is 0 Å². The van der Waals surface area contributed by atoms with Crippen molar-refractivity contribution >= 4 is 27.5 Å². The second kappa shape index (κ2) is 7.69. The summed E-state index contributed by atoms with van der Waals surface area (Å²) >= 11 is 1.78. The second-order valence-corrected chi connectivity index (χ2v) is 8.29.